The number of hydrogen-bond donors (Lipinski definition) is 3. The fourth-order valence-electron chi connectivity index (χ4n) is 2.53. The van der Waals surface area contributed by atoms with Crippen LogP contribution in [0.2, 0.25) is 0 Å². The van der Waals surface area contributed by atoms with Crippen molar-refractivity contribution in [1.82, 2.24) is 14.5 Å². The summed E-state index contributed by atoms with van der Waals surface area (Å²) in [7, 11) is 1.90. The number of aryl methyl sites for hydroxylation is 2. The minimum atomic E-state index is -0.950. The molecule has 0 unspecified atom stereocenters. The van der Waals surface area contributed by atoms with E-state index in [-0.39, 0.29) is 5.56 Å². The van der Waals surface area contributed by atoms with Gasteiger partial charge in [0, 0.05) is 38.2 Å². The fourth-order valence-corrected chi connectivity index (χ4v) is 2.53. The number of nitrogens with zero attached hydrogens (tertiary/aromatic N) is 3. The van der Waals surface area contributed by atoms with Gasteiger partial charge in [-0.25, -0.2) is 9.78 Å². The van der Waals surface area contributed by atoms with Crippen molar-refractivity contribution in [1.29, 1.82) is 0 Å². The lowest BCUT2D eigenvalue weighted by Crippen LogP contribution is -2.16. The number of rotatable bonds is 6. The number of hydrogen-bond acceptors (Lipinski definition) is 5. The van der Waals surface area contributed by atoms with Gasteiger partial charge in [0.2, 0.25) is 5.95 Å². The first kappa shape index (κ1) is 15.8. The Balaban J connectivity index is 1.66. The molecule has 0 amide bonds. The van der Waals surface area contributed by atoms with E-state index in [0.29, 0.717) is 18.0 Å². The number of carboxylic acid groups (broad SMARTS) is 1. The number of imidazole rings is 1. The quantitative estimate of drug-likeness (QED) is 0.603. The average molecular weight is 325 g/mol. The van der Waals surface area contributed by atoms with Crippen molar-refractivity contribution in [2.75, 3.05) is 23.7 Å². The van der Waals surface area contributed by atoms with Crippen LogP contribution >= 0.6 is 0 Å². The SMILES string of the molecule is Cc1cnccc1NCCNc1nc2cc(C(=O)O)ccc2n1C. The van der Waals surface area contributed by atoms with Crippen LogP contribution in [0.15, 0.2) is 36.7 Å². The summed E-state index contributed by atoms with van der Waals surface area (Å²) in [6, 6.07) is 6.89. The molecule has 0 saturated heterocycles. The van der Waals surface area contributed by atoms with Crippen LogP contribution in [-0.2, 0) is 7.05 Å². The van der Waals surface area contributed by atoms with Crippen molar-refractivity contribution in [2.24, 2.45) is 7.05 Å². The van der Waals surface area contributed by atoms with E-state index >= 15 is 0 Å². The molecular weight excluding hydrogens is 306 g/mol. The molecule has 0 atom stereocenters. The second-order valence-corrected chi connectivity index (χ2v) is 5.55. The molecule has 7 heteroatoms. The molecule has 0 aliphatic carbocycles. The van der Waals surface area contributed by atoms with E-state index in [9.17, 15) is 4.79 Å². The highest BCUT2D eigenvalue weighted by molar-refractivity contribution is 5.93. The van der Waals surface area contributed by atoms with Gasteiger partial charge in [0.05, 0.1) is 16.6 Å². The van der Waals surface area contributed by atoms with Gasteiger partial charge in [-0.2, -0.15) is 0 Å². The third kappa shape index (κ3) is 3.15. The lowest BCUT2D eigenvalue weighted by molar-refractivity contribution is 0.0697. The van der Waals surface area contributed by atoms with Crippen LogP contribution in [0.3, 0.4) is 0 Å². The fraction of sp³-hybridized carbons (Fsp3) is 0.235. The predicted octanol–water partition coefficient (Wildman–Crippen LogP) is 2.50. The smallest absolute Gasteiger partial charge is 0.335 e. The number of anilines is 2. The summed E-state index contributed by atoms with van der Waals surface area (Å²) in [6.07, 6.45) is 3.58. The van der Waals surface area contributed by atoms with Crippen molar-refractivity contribution in [3.8, 4) is 0 Å². The van der Waals surface area contributed by atoms with Crippen LogP contribution in [0.5, 0.6) is 0 Å². The van der Waals surface area contributed by atoms with Gasteiger partial charge < -0.3 is 20.3 Å². The zero-order valence-corrected chi connectivity index (χ0v) is 13.6. The normalized spacial score (nSPS) is 10.8. The Hall–Kier alpha value is -3.09. The highest BCUT2D eigenvalue weighted by atomic mass is 16.4. The highest BCUT2D eigenvalue weighted by Crippen LogP contribution is 2.19. The molecular formula is C17H19N5O2. The summed E-state index contributed by atoms with van der Waals surface area (Å²) in [5.41, 5.74) is 3.95. The Kier molecular flexibility index (Phi) is 4.33. The van der Waals surface area contributed by atoms with Gasteiger partial charge in [-0.15, -0.1) is 0 Å². The molecule has 2 aromatic heterocycles. The third-order valence-corrected chi connectivity index (χ3v) is 3.87. The minimum absolute atomic E-state index is 0.238. The molecule has 0 spiro atoms. The van der Waals surface area contributed by atoms with E-state index in [1.165, 1.54) is 0 Å². The van der Waals surface area contributed by atoms with Gasteiger partial charge in [-0.05, 0) is 36.8 Å². The number of aromatic nitrogens is 3. The molecule has 2 heterocycles. The molecule has 0 bridgehead atoms. The van der Waals surface area contributed by atoms with Crippen LogP contribution in [0.4, 0.5) is 11.6 Å². The van der Waals surface area contributed by atoms with Crippen LogP contribution in [0, 0.1) is 6.92 Å². The van der Waals surface area contributed by atoms with Crippen molar-refractivity contribution in [3.63, 3.8) is 0 Å². The van der Waals surface area contributed by atoms with E-state index in [0.717, 1.165) is 23.3 Å². The van der Waals surface area contributed by atoms with Crippen LogP contribution < -0.4 is 10.6 Å². The molecule has 1 aromatic carbocycles. The van der Waals surface area contributed by atoms with E-state index < -0.39 is 5.97 Å². The van der Waals surface area contributed by atoms with Crippen molar-refractivity contribution < 1.29 is 9.90 Å². The van der Waals surface area contributed by atoms with Crippen LogP contribution in [0.1, 0.15) is 15.9 Å². The number of benzene rings is 1. The molecule has 0 aliphatic rings. The molecule has 3 aromatic rings. The van der Waals surface area contributed by atoms with Crippen LogP contribution in [-0.4, -0.2) is 38.7 Å². The Morgan fingerprint density at radius 1 is 1.25 bits per heavy atom. The zero-order chi connectivity index (χ0) is 17.1. The first-order valence-corrected chi connectivity index (χ1v) is 7.64. The number of fused-ring (bicyclic) bond motifs is 1. The molecule has 7 nitrogen and oxygen atoms in total. The Labute approximate surface area is 139 Å². The molecule has 0 saturated carbocycles. The maximum absolute atomic E-state index is 11.0. The van der Waals surface area contributed by atoms with E-state index in [1.54, 1.807) is 24.4 Å². The molecule has 0 radical (unpaired) electrons. The lowest BCUT2D eigenvalue weighted by Gasteiger charge is -2.10. The van der Waals surface area contributed by atoms with Crippen molar-refractivity contribution in [2.45, 2.75) is 6.92 Å². The van der Waals surface area contributed by atoms with E-state index in [4.69, 9.17) is 5.11 Å². The third-order valence-electron chi connectivity index (χ3n) is 3.87. The van der Waals surface area contributed by atoms with E-state index in [2.05, 4.69) is 20.6 Å². The largest absolute Gasteiger partial charge is 0.478 e. The van der Waals surface area contributed by atoms with Gasteiger partial charge >= 0.3 is 5.97 Å². The monoisotopic (exact) mass is 325 g/mol. The summed E-state index contributed by atoms with van der Waals surface area (Å²) in [5, 5.41) is 15.7. The van der Waals surface area contributed by atoms with Gasteiger partial charge in [0.15, 0.2) is 0 Å². The average Bonchev–Trinajstić information content (AvgIpc) is 2.88. The zero-order valence-electron chi connectivity index (χ0n) is 13.6. The van der Waals surface area contributed by atoms with Crippen molar-refractivity contribution in [3.05, 3.63) is 47.8 Å². The van der Waals surface area contributed by atoms with Crippen molar-refractivity contribution >= 4 is 28.6 Å². The molecule has 0 fully saturated rings. The van der Waals surface area contributed by atoms with Gasteiger partial charge in [-0.1, -0.05) is 0 Å². The standard InChI is InChI=1S/C17H19N5O2/c1-11-10-18-6-5-13(11)19-7-8-20-17-21-14-9-12(16(23)24)3-4-15(14)22(17)2/h3-6,9-10H,7-8H2,1-2H3,(H,18,19)(H,20,21)(H,23,24). The first-order chi connectivity index (χ1) is 11.6. The second-order valence-electron chi connectivity index (χ2n) is 5.55. The maximum Gasteiger partial charge on any atom is 0.335 e. The van der Waals surface area contributed by atoms with Gasteiger partial charge in [0.25, 0.3) is 0 Å². The summed E-state index contributed by atoms with van der Waals surface area (Å²) >= 11 is 0. The maximum atomic E-state index is 11.0. The number of carbonyl (C=O) groups is 1. The summed E-state index contributed by atoms with van der Waals surface area (Å²) in [6.45, 7) is 3.42. The number of nitrogens with one attached hydrogen (secondary N) is 2. The summed E-state index contributed by atoms with van der Waals surface area (Å²) in [4.78, 5) is 19.6. The predicted molar refractivity (Wildman–Crippen MR) is 93.6 cm³/mol. The van der Waals surface area contributed by atoms with E-state index in [1.807, 2.05) is 30.8 Å². The topological polar surface area (TPSA) is 92.1 Å². The molecule has 0 aliphatic heterocycles. The molecule has 124 valence electrons. The second kappa shape index (κ2) is 6.57. The Morgan fingerprint density at radius 3 is 2.79 bits per heavy atom. The first-order valence-electron chi connectivity index (χ1n) is 7.64. The van der Waals surface area contributed by atoms with Gasteiger partial charge in [-0.3, -0.25) is 4.98 Å². The van der Waals surface area contributed by atoms with Gasteiger partial charge in [0.1, 0.15) is 0 Å². The molecule has 3 rings (SSSR count). The molecule has 3 N–H and O–H groups in total. The lowest BCUT2D eigenvalue weighted by atomic mass is 10.2. The minimum Gasteiger partial charge on any atom is -0.478 e. The summed E-state index contributed by atoms with van der Waals surface area (Å²) in [5.74, 6) is -0.241. The summed E-state index contributed by atoms with van der Waals surface area (Å²) < 4.78 is 1.92. The molecule has 24 heavy (non-hydrogen) atoms. The number of aromatic carboxylic acids is 1. The number of carboxylic acids is 1. The van der Waals surface area contributed by atoms with Crippen LogP contribution in [0.25, 0.3) is 11.0 Å². The Bertz CT molecular complexity index is 888. The number of pyridine rings is 1. The highest BCUT2D eigenvalue weighted by Gasteiger charge is 2.10. The Morgan fingerprint density at radius 2 is 2.04 bits per heavy atom.